The van der Waals surface area contributed by atoms with Crippen LogP contribution in [-0.2, 0) is 7.05 Å². The summed E-state index contributed by atoms with van der Waals surface area (Å²) in [7, 11) is 2.01. The van der Waals surface area contributed by atoms with E-state index in [9.17, 15) is 0 Å². The molecule has 0 saturated heterocycles. The minimum absolute atomic E-state index is 0.688. The first kappa shape index (κ1) is 18.8. The van der Waals surface area contributed by atoms with Crippen LogP contribution < -0.4 is 9.47 Å². The number of imidazole rings is 1. The lowest BCUT2D eigenvalue weighted by Gasteiger charge is -2.12. The highest BCUT2D eigenvalue weighted by atomic mass is 16.5. The molecule has 0 atom stereocenters. The van der Waals surface area contributed by atoms with Crippen LogP contribution in [0.25, 0.3) is 11.3 Å². The minimum atomic E-state index is 0.688. The molecule has 2 aromatic rings. The van der Waals surface area contributed by atoms with Gasteiger partial charge in [-0.1, -0.05) is 63.5 Å². The molecule has 142 valence electrons. The standard InChI is InChI=1S/C22H32N2O2/c1-24-20-18-23-22(24)26-17-13-9-7-5-3-2-4-6-8-12-16-25-21-15-11-10-14-19(20)21/h10-11,14-15,18H,2-9,12-13,16-17H2,1H3. The van der Waals surface area contributed by atoms with E-state index >= 15 is 0 Å². The summed E-state index contributed by atoms with van der Waals surface area (Å²) >= 11 is 0. The number of aromatic nitrogens is 2. The molecule has 0 unspecified atom stereocenters. The molecule has 2 bridgehead atoms. The zero-order valence-corrected chi connectivity index (χ0v) is 16.1. The first-order chi connectivity index (χ1) is 12.9. The van der Waals surface area contributed by atoms with E-state index in [0.717, 1.165) is 43.1 Å². The van der Waals surface area contributed by atoms with Crippen LogP contribution in [0.3, 0.4) is 0 Å². The lowest BCUT2D eigenvalue weighted by atomic mass is 10.1. The van der Waals surface area contributed by atoms with Gasteiger partial charge in [0.15, 0.2) is 0 Å². The maximum atomic E-state index is 6.09. The minimum Gasteiger partial charge on any atom is -0.493 e. The first-order valence-electron chi connectivity index (χ1n) is 10.2. The number of hydrogen-bond acceptors (Lipinski definition) is 3. The van der Waals surface area contributed by atoms with Gasteiger partial charge in [-0.2, -0.15) is 0 Å². The number of benzene rings is 1. The molecule has 4 nitrogen and oxygen atoms in total. The summed E-state index contributed by atoms with van der Waals surface area (Å²) in [6.45, 7) is 1.51. The molecule has 0 saturated carbocycles. The predicted molar refractivity (Wildman–Crippen MR) is 106 cm³/mol. The fourth-order valence-corrected chi connectivity index (χ4v) is 3.54. The fraction of sp³-hybridized carbons (Fsp3) is 0.591. The molecule has 1 aliphatic heterocycles. The monoisotopic (exact) mass is 356 g/mol. The Balaban J connectivity index is 1.71. The Labute approximate surface area is 157 Å². The van der Waals surface area contributed by atoms with Crippen molar-refractivity contribution < 1.29 is 9.47 Å². The molecule has 0 radical (unpaired) electrons. The molecule has 0 spiro atoms. The average Bonchev–Trinajstić information content (AvgIpc) is 3.02. The maximum absolute atomic E-state index is 6.09. The summed E-state index contributed by atoms with van der Waals surface area (Å²) in [4.78, 5) is 4.47. The summed E-state index contributed by atoms with van der Waals surface area (Å²) in [6, 6.07) is 8.91. The van der Waals surface area contributed by atoms with Gasteiger partial charge in [0.05, 0.1) is 25.1 Å². The third-order valence-corrected chi connectivity index (χ3v) is 5.14. The van der Waals surface area contributed by atoms with Crippen LogP contribution in [0.15, 0.2) is 30.5 Å². The number of nitrogens with zero attached hydrogens (tertiary/aromatic N) is 2. The number of rotatable bonds is 0. The van der Waals surface area contributed by atoms with Crippen molar-refractivity contribution >= 4 is 0 Å². The predicted octanol–water partition coefficient (Wildman–Crippen LogP) is 5.76. The van der Waals surface area contributed by atoms with Crippen molar-refractivity contribution in [1.29, 1.82) is 0 Å². The van der Waals surface area contributed by atoms with Gasteiger partial charge in [0.25, 0.3) is 6.01 Å². The molecule has 3 rings (SSSR count). The van der Waals surface area contributed by atoms with Crippen molar-refractivity contribution in [3.8, 4) is 23.0 Å². The van der Waals surface area contributed by atoms with Crippen molar-refractivity contribution in [3.05, 3.63) is 30.5 Å². The van der Waals surface area contributed by atoms with Gasteiger partial charge in [0.2, 0.25) is 0 Å². The van der Waals surface area contributed by atoms with Crippen LogP contribution in [0.4, 0.5) is 0 Å². The first-order valence-corrected chi connectivity index (χ1v) is 10.2. The van der Waals surface area contributed by atoms with Crippen LogP contribution in [0, 0.1) is 0 Å². The highest BCUT2D eigenvalue weighted by molar-refractivity contribution is 5.67. The Morgan fingerprint density at radius 2 is 1.35 bits per heavy atom. The van der Waals surface area contributed by atoms with E-state index in [2.05, 4.69) is 11.1 Å². The third kappa shape index (κ3) is 5.26. The number of para-hydroxylation sites is 1. The Hall–Kier alpha value is -1.97. The Morgan fingerprint density at radius 3 is 2.04 bits per heavy atom. The van der Waals surface area contributed by atoms with E-state index in [0.29, 0.717) is 6.01 Å². The van der Waals surface area contributed by atoms with E-state index in [-0.39, 0.29) is 0 Å². The second-order valence-corrected chi connectivity index (χ2v) is 7.21. The highest BCUT2D eigenvalue weighted by Crippen LogP contribution is 2.31. The zero-order chi connectivity index (χ0) is 18.0. The highest BCUT2D eigenvalue weighted by Gasteiger charge is 2.13. The molecule has 1 aromatic heterocycles. The van der Waals surface area contributed by atoms with Gasteiger partial charge in [-0.25, -0.2) is 4.98 Å². The van der Waals surface area contributed by atoms with Crippen molar-refractivity contribution in [2.75, 3.05) is 13.2 Å². The Bertz CT molecular complexity index is 666. The van der Waals surface area contributed by atoms with Crippen LogP contribution in [0.2, 0.25) is 0 Å². The SMILES string of the molecule is Cn1c2cnc1OCCCCCCCCCCCCOc1ccccc1-2. The van der Waals surface area contributed by atoms with Gasteiger partial charge < -0.3 is 9.47 Å². The van der Waals surface area contributed by atoms with Crippen LogP contribution in [-0.4, -0.2) is 22.8 Å². The summed E-state index contributed by atoms with van der Waals surface area (Å²) in [6.07, 6.45) is 14.7. The molecule has 2 heterocycles. The molecule has 0 N–H and O–H groups in total. The molecule has 1 aromatic carbocycles. The van der Waals surface area contributed by atoms with Crippen LogP contribution in [0.1, 0.15) is 64.2 Å². The number of fused-ring (bicyclic) bond motifs is 4. The van der Waals surface area contributed by atoms with Gasteiger partial charge in [-0.3, -0.25) is 4.57 Å². The van der Waals surface area contributed by atoms with Crippen LogP contribution in [0.5, 0.6) is 11.8 Å². The average molecular weight is 357 g/mol. The Morgan fingerprint density at radius 1 is 0.769 bits per heavy atom. The summed E-state index contributed by atoms with van der Waals surface area (Å²) < 4.78 is 14.0. The molecule has 0 fully saturated rings. The molecule has 0 amide bonds. The zero-order valence-electron chi connectivity index (χ0n) is 16.1. The van der Waals surface area contributed by atoms with Crippen molar-refractivity contribution in [2.45, 2.75) is 64.2 Å². The molecule has 1 aliphatic rings. The fourth-order valence-electron chi connectivity index (χ4n) is 3.54. The van der Waals surface area contributed by atoms with Crippen molar-refractivity contribution in [2.24, 2.45) is 7.05 Å². The van der Waals surface area contributed by atoms with E-state index in [1.165, 1.54) is 51.4 Å². The van der Waals surface area contributed by atoms with Gasteiger partial charge in [-0.15, -0.1) is 0 Å². The lowest BCUT2D eigenvalue weighted by molar-refractivity contribution is 0.273. The smallest absolute Gasteiger partial charge is 0.296 e. The number of hydrogen-bond donors (Lipinski definition) is 0. The quantitative estimate of drug-likeness (QED) is 0.602. The topological polar surface area (TPSA) is 36.3 Å². The molecule has 4 heteroatoms. The van der Waals surface area contributed by atoms with Gasteiger partial charge >= 0.3 is 0 Å². The van der Waals surface area contributed by atoms with E-state index < -0.39 is 0 Å². The molecular formula is C22H32N2O2. The molecular weight excluding hydrogens is 324 g/mol. The summed E-state index contributed by atoms with van der Waals surface area (Å²) in [5, 5.41) is 0. The van der Waals surface area contributed by atoms with Crippen molar-refractivity contribution in [3.63, 3.8) is 0 Å². The molecule has 0 aliphatic carbocycles. The Kier molecular flexibility index (Phi) is 7.41. The summed E-state index contributed by atoms with van der Waals surface area (Å²) in [5.41, 5.74) is 2.11. The van der Waals surface area contributed by atoms with Gasteiger partial charge in [0, 0.05) is 12.6 Å². The number of ether oxygens (including phenoxy) is 2. The normalized spacial score (nSPS) is 17.7. The van der Waals surface area contributed by atoms with E-state index in [1.54, 1.807) is 0 Å². The second-order valence-electron chi connectivity index (χ2n) is 7.21. The second kappa shape index (κ2) is 10.2. The third-order valence-electron chi connectivity index (χ3n) is 5.14. The molecule has 26 heavy (non-hydrogen) atoms. The van der Waals surface area contributed by atoms with Gasteiger partial charge in [0.1, 0.15) is 5.75 Å². The van der Waals surface area contributed by atoms with Crippen LogP contribution >= 0.6 is 0 Å². The lowest BCUT2D eigenvalue weighted by Crippen LogP contribution is -2.04. The largest absolute Gasteiger partial charge is 0.493 e. The van der Waals surface area contributed by atoms with E-state index in [4.69, 9.17) is 9.47 Å². The summed E-state index contributed by atoms with van der Waals surface area (Å²) in [5.74, 6) is 0.931. The van der Waals surface area contributed by atoms with Gasteiger partial charge in [-0.05, 0) is 25.0 Å². The van der Waals surface area contributed by atoms with Crippen molar-refractivity contribution in [1.82, 2.24) is 9.55 Å². The maximum Gasteiger partial charge on any atom is 0.296 e. The van der Waals surface area contributed by atoms with E-state index in [1.807, 2.05) is 36.0 Å².